The number of aromatic nitrogens is 1. The molecule has 33 heavy (non-hydrogen) atoms. The van der Waals surface area contributed by atoms with Crippen molar-refractivity contribution in [3.8, 4) is 11.5 Å². The number of hydrogen-bond donors (Lipinski definition) is 1. The molecule has 2 N–H and O–H groups in total. The molecule has 2 aliphatic rings. The predicted octanol–water partition coefficient (Wildman–Crippen LogP) is 2.49. The normalized spacial score (nSPS) is 18.9. The second kappa shape index (κ2) is 10.1. The number of benzene rings is 1. The lowest BCUT2D eigenvalue weighted by Gasteiger charge is -2.34. The van der Waals surface area contributed by atoms with Crippen molar-refractivity contribution in [2.45, 2.75) is 32.4 Å². The third-order valence-electron chi connectivity index (χ3n) is 6.38. The van der Waals surface area contributed by atoms with Gasteiger partial charge in [-0.15, -0.1) is 0 Å². The maximum Gasteiger partial charge on any atom is 0.415 e. The molecule has 1 unspecified atom stereocenters. The fraction of sp³-hybridized carbons (Fsp3) is 0.458. The number of pyridine rings is 1. The number of primary amides is 1. The van der Waals surface area contributed by atoms with E-state index in [0.717, 1.165) is 37.5 Å². The van der Waals surface area contributed by atoms with E-state index in [1.807, 2.05) is 0 Å². The Bertz CT molecular complexity index is 1010. The van der Waals surface area contributed by atoms with Crippen LogP contribution in [0.25, 0.3) is 0 Å². The molecule has 0 spiro atoms. The number of methoxy groups -OCH3 is 1. The summed E-state index contributed by atoms with van der Waals surface area (Å²) in [6.07, 6.45) is 4.72. The maximum atomic E-state index is 12.5. The van der Waals surface area contributed by atoms with Gasteiger partial charge in [0.15, 0.2) is 5.75 Å². The Morgan fingerprint density at radius 3 is 2.58 bits per heavy atom. The SMILES string of the molecule is COc1cc(N2CCCC2C)ccc1CN1CCN(C(=O)Oc2cncc(C(N)=O)c2)CC1. The van der Waals surface area contributed by atoms with Gasteiger partial charge in [0.1, 0.15) is 5.75 Å². The highest BCUT2D eigenvalue weighted by Gasteiger charge is 2.25. The van der Waals surface area contributed by atoms with Gasteiger partial charge < -0.3 is 25.0 Å². The van der Waals surface area contributed by atoms with E-state index in [-0.39, 0.29) is 11.3 Å². The first-order valence-corrected chi connectivity index (χ1v) is 11.3. The number of anilines is 1. The van der Waals surface area contributed by atoms with E-state index >= 15 is 0 Å². The average Bonchev–Trinajstić information content (AvgIpc) is 3.25. The molecule has 0 aliphatic carbocycles. The van der Waals surface area contributed by atoms with Gasteiger partial charge in [-0.25, -0.2) is 4.79 Å². The highest BCUT2D eigenvalue weighted by molar-refractivity contribution is 5.92. The number of amides is 2. The fourth-order valence-electron chi connectivity index (χ4n) is 4.46. The third kappa shape index (κ3) is 5.36. The summed E-state index contributed by atoms with van der Waals surface area (Å²) in [5, 5.41) is 0. The Kier molecular flexibility index (Phi) is 6.98. The van der Waals surface area contributed by atoms with Crippen molar-refractivity contribution >= 4 is 17.7 Å². The molecule has 2 aromatic rings. The van der Waals surface area contributed by atoms with Crippen molar-refractivity contribution in [2.75, 3.05) is 44.7 Å². The molecule has 1 atom stereocenters. The largest absolute Gasteiger partial charge is 0.496 e. The van der Waals surface area contributed by atoms with Crippen molar-refractivity contribution in [1.29, 1.82) is 0 Å². The van der Waals surface area contributed by atoms with Gasteiger partial charge in [-0.1, -0.05) is 6.07 Å². The second-order valence-corrected chi connectivity index (χ2v) is 8.59. The molecule has 2 aliphatic heterocycles. The van der Waals surface area contributed by atoms with Crippen LogP contribution in [0.3, 0.4) is 0 Å². The van der Waals surface area contributed by atoms with Crippen molar-refractivity contribution in [1.82, 2.24) is 14.8 Å². The summed E-state index contributed by atoms with van der Waals surface area (Å²) >= 11 is 0. The minimum atomic E-state index is -0.618. The lowest BCUT2D eigenvalue weighted by Crippen LogP contribution is -2.49. The monoisotopic (exact) mass is 453 g/mol. The first kappa shape index (κ1) is 22.8. The van der Waals surface area contributed by atoms with Crippen LogP contribution in [0.2, 0.25) is 0 Å². The van der Waals surface area contributed by atoms with Crippen LogP contribution >= 0.6 is 0 Å². The highest BCUT2D eigenvalue weighted by atomic mass is 16.6. The predicted molar refractivity (Wildman–Crippen MR) is 125 cm³/mol. The Hall–Kier alpha value is -3.33. The molecule has 9 nitrogen and oxygen atoms in total. The standard InChI is InChI=1S/C24H31N5O4/c1-17-4-3-7-29(17)20-6-5-18(22(13-20)32-2)16-27-8-10-28(11-9-27)24(31)33-21-12-19(23(25)30)14-26-15-21/h5-6,12-15,17H,3-4,7-11,16H2,1-2H3,(H2,25,30). The average molecular weight is 454 g/mol. The molecule has 3 heterocycles. The molecule has 0 bridgehead atoms. The molecule has 4 rings (SSSR count). The van der Waals surface area contributed by atoms with Crippen molar-refractivity contribution < 1.29 is 19.1 Å². The fourth-order valence-corrected chi connectivity index (χ4v) is 4.46. The zero-order chi connectivity index (χ0) is 23.4. The molecule has 2 saturated heterocycles. The van der Waals surface area contributed by atoms with Crippen LogP contribution in [-0.4, -0.2) is 72.7 Å². The topological polar surface area (TPSA) is 101 Å². The summed E-state index contributed by atoms with van der Waals surface area (Å²) in [5.74, 6) is 0.485. The quantitative estimate of drug-likeness (QED) is 0.717. The summed E-state index contributed by atoms with van der Waals surface area (Å²) in [5.41, 5.74) is 7.80. The number of ether oxygens (including phenoxy) is 2. The van der Waals surface area contributed by atoms with Crippen molar-refractivity contribution in [3.63, 3.8) is 0 Å². The highest BCUT2D eigenvalue weighted by Crippen LogP contribution is 2.31. The molecule has 0 saturated carbocycles. The first-order valence-electron chi connectivity index (χ1n) is 11.3. The summed E-state index contributed by atoms with van der Waals surface area (Å²) in [7, 11) is 1.71. The summed E-state index contributed by atoms with van der Waals surface area (Å²) in [4.78, 5) is 34.1. The van der Waals surface area contributed by atoms with Gasteiger partial charge in [0, 0.05) is 68.8 Å². The molecule has 1 aromatic carbocycles. The number of nitrogens with two attached hydrogens (primary N) is 1. The van der Waals surface area contributed by atoms with E-state index in [1.54, 1.807) is 12.0 Å². The van der Waals surface area contributed by atoms with Crippen LogP contribution in [0.1, 0.15) is 35.7 Å². The van der Waals surface area contributed by atoms with Crippen LogP contribution < -0.4 is 20.1 Å². The molecule has 2 fully saturated rings. The van der Waals surface area contributed by atoms with Crippen LogP contribution in [0.15, 0.2) is 36.7 Å². The first-order chi connectivity index (χ1) is 15.9. The van der Waals surface area contributed by atoms with Crippen LogP contribution in [0.5, 0.6) is 11.5 Å². The Morgan fingerprint density at radius 1 is 1.12 bits per heavy atom. The summed E-state index contributed by atoms with van der Waals surface area (Å²) in [6, 6.07) is 8.45. The van der Waals surface area contributed by atoms with E-state index in [2.05, 4.69) is 39.9 Å². The summed E-state index contributed by atoms with van der Waals surface area (Å²) in [6.45, 7) is 6.66. The van der Waals surface area contributed by atoms with Gasteiger partial charge in [-0.05, 0) is 31.9 Å². The molecular weight excluding hydrogens is 422 g/mol. The maximum absolute atomic E-state index is 12.5. The van der Waals surface area contributed by atoms with Gasteiger partial charge in [0.25, 0.3) is 0 Å². The molecular formula is C24H31N5O4. The molecule has 1 aromatic heterocycles. The van der Waals surface area contributed by atoms with Gasteiger partial charge in [-0.2, -0.15) is 0 Å². The van der Waals surface area contributed by atoms with Crippen LogP contribution in [0, 0.1) is 0 Å². The van der Waals surface area contributed by atoms with Gasteiger partial charge in [-0.3, -0.25) is 14.7 Å². The molecule has 176 valence electrons. The van der Waals surface area contributed by atoms with E-state index < -0.39 is 12.0 Å². The van der Waals surface area contributed by atoms with E-state index in [0.29, 0.717) is 19.1 Å². The third-order valence-corrected chi connectivity index (χ3v) is 6.38. The number of carbonyl (C=O) groups excluding carboxylic acids is 2. The van der Waals surface area contributed by atoms with Crippen LogP contribution in [0.4, 0.5) is 10.5 Å². The van der Waals surface area contributed by atoms with E-state index in [4.69, 9.17) is 15.2 Å². The second-order valence-electron chi connectivity index (χ2n) is 8.59. The van der Waals surface area contributed by atoms with Gasteiger partial charge in [0.2, 0.25) is 5.91 Å². The van der Waals surface area contributed by atoms with Crippen molar-refractivity contribution in [2.24, 2.45) is 5.73 Å². The minimum Gasteiger partial charge on any atom is -0.496 e. The smallest absolute Gasteiger partial charge is 0.415 e. The van der Waals surface area contributed by atoms with Gasteiger partial charge >= 0.3 is 6.09 Å². The number of hydrogen-bond acceptors (Lipinski definition) is 7. The lowest BCUT2D eigenvalue weighted by atomic mass is 10.1. The number of carbonyl (C=O) groups is 2. The zero-order valence-electron chi connectivity index (χ0n) is 19.2. The summed E-state index contributed by atoms with van der Waals surface area (Å²) < 4.78 is 11.1. The zero-order valence-corrected chi connectivity index (χ0v) is 19.2. The van der Waals surface area contributed by atoms with E-state index in [1.165, 1.54) is 37.0 Å². The number of rotatable bonds is 6. The number of piperazine rings is 1. The Labute approximate surface area is 194 Å². The minimum absolute atomic E-state index is 0.198. The molecule has 2 amide bonds. The number of nitrogens with zero attached hydrogens (tertiary/aromatic N) is 4. The molecule has 9 heteroatoms. The van der Waals surface area contributed by atoms with Crippen LogP contribution in [-0.2, 0) is 6.54 Å². The molecule has 0 radical (unpaired) electrons. The van der Waals surface area contributed by atoms with E-state index in [9.17, 15) is 9.59 Å². The lowest BCUT2D eigenvalue weighted by molar-refractivity contribution is 0.0995. The Morgan fingerprint density at radius 2 is 1.91 bits per heavy atom. The Balaban J connectivity index is 1.32. The van der Waals surface area contributed by atoms with Gasteiger partial charge in [0.05, 0.1) is 18.9 Å². The van der Waals surface area contributed by atoms with Crippen molar-refractivity contribution in [3.05, 3.63) is 47.8 Å².